The van der Waals surface area contributed by atoms with E-state index in [1.54, 1.807) is 6.07 Å². The summed E-state index contributed by atoms with van der Waals surface area (Å²) in [6.45, 7) is 1.90. The normalized spacial score (nSPS) is 10.7. The molecule has 0 spiro atoms. The van der Waals surface area contributed by atoms with Crippen molar-refractivity contribution in [3.8, 4) is 0 Å². The van der Waals surface area contributed by atoms with Crippen LogP contribution in [0, 0.1) is 6.92 Å². The summed E-state index contributed by atoms with van der Waals surface area (Å²) in [5, 5.41) is 0.600. The number of hydrogen-bond donors (Lipinski definition) is 0. The van der Waals surface area contributed by atoms with E-state index in [4.69, 9.17) is 16.0 Å². The van der Waals surface area contributed by atoms with Crippen LogP contribution in [0.15, 0.2) is 33.7 Å². The number of rotatable bonds is 1. The lowest BCUT2D eigenvalue weighted by molar-refractivity contribution is 0.600. The summed E-state index contributed by atoms with van der Waals surface area (Å²) >= 11 is 5.72. The van der Waals surface area contributed by atoms with Gasteiger partial charge in [0.15, 0.2) is 5.43 Å². The molecule has 1 heterocycles. The number of hydrogen-bond acceptors (Lipinski definition) is 2. The molecule has 0 radical (unpaired) electrons. The highest BCUT2D eigenvalue weighted by Gasteiger charge is 2.04. The third kappa shape index (κ3) is 1.42. The van der Waals surface area contributed by atoms with Gasteiger partial charge in [0.25, 0.3) is 0 Å². The van der Waals surface area contributed by atoms with E-state index in [0.717, 1.165) is 11.1 Å². The van der Waals surface area contributed by atoms with Gasteiger partial charge < -0.3 is 4.42 Å². The van der Waals surface area contributed by atoms with Gasteiger partial charge in [0.2, 0.25) is 0 Å². The second kappa shape index (κ2) is 3.46. The average molecular weight is 209 g/mol. The summed E-state index contributed by atoms with van der Waals surface area (Å²) in [5.74, 6) is 0.408. The largest absolute Gasteiger partial charge is 0.464 e. The lowest BCUT2D eigenvalue weighted by Crippen LogP contribution is -1.99. The van der Waals surface area contributed by atoms with Crippen molar-refractivity contribution in [3.63, 3.8) is 0 Å². The van der Waals surface area contributed by atoms with Crippen molar-refractivity contribution < 1.29 is 4.42 Å². The van der Waals surface area contributed by atoms with Crippen molar-refractivity contribution in [1.82, 2.24) is 0 Å². The van der Waals surface area contributed by atoms with Gasteiger partial charge in [0.1, 0.15) is 5.58 Å². The minimum Gasteiger partial charge on any atom is -0.464 e. The topological polar surface area (TPSA) is 30.2 Å². The zero-order valence-corrected chi connectivity index (χ0v) is 8.47. The van der Waals surface area contributed by atoms with E-state index in [1.807, 2.05) is 13.0 Å². The average Bonchev–Trinajstić information content (AvgIpc) is 2.19. The zero-order chi connectivity index (χ0) is 10.1. The predicted molar refractivity (Wildman–Crippen MR) is 56.8 cm³/mol. The van der Waals surface area contributed by atoms with Gasteiger partial charge >= 0.3 is 0 Å². The monoisotopic (exact) mass is 208 g/mol. The lowest BCUT2D eigenvalue weighted by Gasteiger charge is -2.02. The Morgan fingerprint density at radius 1 is 1.43 bits per heavy atom. The first-order chi connectivity index (χ1) is 6.72. The number of benzene rings is 1. The van der Waals surface area contributed by atoms with Crippen molar-refractivity contribution in [3.05, 3.63) is 45.8 Å². The molecule has 0 atom stereocenters. The van der Waals surface area contributed by atoms with E-state index in [1.165, 1.54) is 12.3 Å². The quantitative estimate of drug-likeness (QED) is 0.675. The van der Waals surface area contributed by atoms with Crippen molar-refractivity contribution in [2.45, 2.75) is 12.8 Å². The number of aryl methyl sites for hydroxylation is 1. The Morgan fingerprint density at radius 3 is 2.93 bits per heavy atom. The molecule has 3 heteroatoms. The molecule has 0 unspecified atom stereocenters. The standard InChI is InChI=1S/C11H9ClO2/c1-7-4-8(6-12)5-9-10(13)2-3-14-11(7)9/h2-5H,6H2,1H3. The van der Waals surface area contributed by atoms with E-state index < -0.39 is 0 Å². The van der Waals surface area contributed by atoms with Gasteiger partial charge in [0.05, 0.1) is 11.6 Å². The summed E-state index contributed by atoms with van der Waals surface area (Å²) in [4.78, 5) is 11.5. The van der Waals surface area contributed by atoms with Gasteiger partial charge in [-0.1, -0.05) is 6.07 Å². The third-order valence-electron chi connectivity index (χ3n) is 2.16. The van der Waals surface area contributed by atoms with E-state index in [2.05, 4.69) is 0 Å². The molecule has 0 bridgehead atoms. The Balaban J connectivity index is 2.91. The first kappa shape index (κ1) is 9.28. The summed E-state index contributed by atoms with van der Waals surface area (Å²) in [5.41, 5.74) is 2.50. The molecular formula is C11H9ClO2. The second-order valence-corrected chi connectivity index (χ2v) is 3.48. The van der Waals surface area contributed by atoms with E-state index in [9.17, 15) is 4.79 Å². The predicted octanol–water partition coefficient (Wildman–Crippen LogP) is 2.84. The first-order valence-corrected chi connectivity index (χ1v) is 4.83. The van der Waals surface area contributed by atoms with Gasteiger partial charge in [0, 0.05) is 11.9 Å². The van der Waals surface area contributed by atoms with Crippen LogP contribution in [-0.2, 0) is 5.88 Å². The smallest absolute Gasteiger partial charge is 0.192 e. The fourth-order valence-corrected chi connectivity index (χ4v) is 1.67. The van der Waals surface area contributed by atoms with Crippen LogP contribution in [0.25, 0.3) is 11.0 Å². The van der Waals surface area contributed by atoms with E-state index in [-0.39, 0.29) is 5.43 Å². The van der Waals surface area contributed by atoms with Crippen molar-refractivity contribution >= 4 is 22.6 Å². The molecule has 2 nitrogen and oxygen atoms in total. The molecule has 0 aliphatic rings. The molecule has 0 saturated carbocycles. The highest BCUT2D eigenvalue weighted by atomic mass is 35.5. The molecule has 1 aromatic heterocycles. The Hall–Kier alpha value is -1.28. The van der Waals surface area contributed by atoms with Crippen LogP contribution in [-0.4, -0.2) is 0 Å². The molecule has 2 aromatic rings. The second-order valence-electron chi connectivity index (χ2n) is 3.21. The van der Waals surface area contributed by atoms with Crippen molar-refractivity contribution in [2.75, 3.05) is 0 Å². The molecule has 1 aromatic carbocycles. The van der Waals surface area contributed by atoms with Crippen LogP contribution in [0.2, 0.25) is 0 Å². The van der Waals surface area contributed by atoms with Gasteiger partial charge in [-0.2, -0.15) is 0 Å². The summed E-state index contributed by atoms with van der Waals surface area (Å²) in [6.07, 6.45) is 1.41. The molecule has 0 saturated heterocycles. The number of halogens is 1. The van der Waals surface area contributed by atoms with Gasteiger partial charge in [-0.05, 0) is 24.1 Å². The molecule has 2 rings (SSSR count). The SMILES string of the molecule is Cc1cc(CCl)cc2c(=O)ccoc12. The minimum atomic E-state index is -0.0266. The van der Waals surface area contributed by atoms with Crippen LogP contribution in [0.4, 0.5) is 0 Å². The van der Waals surface area contributed by atoms with Crippen LogP contribution in [0.5, 0.6) is 0 Å². The van der Waals surface area contributed by atoms with Gasteiger partial charge in [-0.25, -0.2) is 0 Å². The maximum absolute atomic E-state index is 11.5. The van der Waals surface area contributed by atoms with Gasteiger partial charge in [-0.15, -0.1) is 11.6 Å². The fraction of sp³-hybridized carbons (Fsp3) is 0.182. The van der Waals surface area contributed by atoms with E-state index >= 15 is 0 Å². The maximum Gasteiger partial charge on any atom is 0.192 e. The molecule has 0 amide bonds. The molecule has 14 heavy (non-hydrogen) atoms. The number of fused-ring (bicyclic) bond motifs is 1. The maximum atomic E-state index is 11.5. The molecule has 72 valence electrons. The third-order valence-corrected chi connectivity index (χ3v) is 2.47. The Bertz CT molecular complexity index is 528. The Labute approximate surface area is 86.1 Å². The lowest BCUT2D eigenvalue weighted by atomic mass is 10.1. The van der Waals surface area contributed by atoms with Crippen molar-refractivity contribution in [1.29, 1.82) is 0 Å². The summed E-state index contributed by atoms with van der Waals surface area (Å²) < 4.78 is 5.28. The van der Waals surface area contributed by atoms with Crippen molar-refractivity contribution in [2.24, 2.45) is 0 Å². The summed E-state index contributed by atoms with van der Waals surface area (Å²) in [6, 6.07) is 5.12. The molecular weight excluding hydrogens is 200 g/mol. The summed E-state index contributed by atoms with van der Waals surface area (Å²) in [7, 11) is 0. The van der Waals surface area contributed by atoms with Crippen LogP contribution in [0.3, 0.4) is 0 Å². The highest BCUT2D eigenvalue weighted by molar-refractivity contribution is 6.17. The highest BCUT2D eigenvalue weighted by Crippen LogP contribution is 2.18. The fourth-order valence-electron chi connectivity index (χ4n) is 1.52. The van der Waals surface area contributed by atoms with Crippen LogP contribution in [0.1, 0.15) is 11.1 Å². The first-order valence-electron chi connectivity index (χ1n) is 4.29. The number of alkyl halides is 1. The molecule has 0 aliphatic carbocycles. The zero-order valence-electron chi connectivity index (χ0n) is 7.71. The molecule has 0 aliphatic heterocycles. The Kier molecular flexibility index (Phi) is 2.30. The van der Waals surface area contributed by atoms with Gasteiger partial charge in [-0.3, -0.25) is 4.79 Å². The molecule has 0 N–H and O–H groups in total. The van der Waals surface area contributed by atoms with E-state index in [0.29, 0.717) is 16.8 Å². The minimum absolute atomic E-state index is 0.0266. The Morgan fingerprint density at radius 2 is 2.21 bits per heavy atom. The molecule has 0 fully saturated rings. The van der Waals surface area contributed by atoms with Crippen LogP contribution >= 0.6 is 11.6 Å². The van der Waals surface area contributed by atoms with Crippen LogP contribution < -0.4 is 5.43 Å².